The highest BCUT2D eigenvalue weighted by molar-refractivity contribution is 14.1. The number of rotatable bonds is 2. The Labute approximate surface area is 87.5 Å². The Kier molecular flexibility index (Phi) is 3.29. The summed E-state index contributed by atoms with van der Waals surface area (Å²) in [6.07, 6.45) is -1.16. The van der Waals surface area contributed by atoms with Gasteiger partial charge in [0, 0.05) is 20.9 Å². The first-order valence-electron chi connectivity index (χ1n) is 3.46. The molecule has 0 saturated heterocycles. The second-order valence-corrected chi connectivity index (χ2v) is 3.52. The van der Waals surface area contributed by atoms with Gasteiger partial charge in [-0.1, -0.05) is 0 Å². The molecule has 0 unspecified atom stereocenters. The third-order valence-electron chi connectivity index (χ3n) is 1.62. The number of pyridine rings is 1. The van der Waals surface area contributed by atoms with Crippen molar-refractivity contribution in [3.8, 4) is 0 Å². The topological polar surface area (TPSA) is 30.0 Å². The first-order chi connectivity index (χ1) is 6.07. The highest BCUT2D eigenvalue weighted by Crippen LogP contribution is 2.25. The number of hydrogen-bond donors (Lipinski definition) is 0. The SMILES string of the molecule is Cc1ncc(C(F)F)c(C=O)c1I. The van der Waals surface area contributed by atoms with Crippen molar-refractivity contribution in [3.05, 3.63) is 26.6 Å². The van der Waals surface area contributed by atoms with Gasteiger partial charge in [0.15, 0.2) is 6.29 Å². The molecule has 2 nitrogen and oxygen atoms in total. The van der Waals surface area contributed by atoms with E-state index in [0.29, 0.717) is 15.6 Å². The maximum atomic E-state index is 12.3. The molecule has 70 valence electrons. The van der Waals surface area contributed by atoms with Crippen molar-refractivity contribution >= 4 is 28.9 Å². The number of nitrogens with zero attached hydrogens (tertiary/aromatic N) is 1. The van der Waals surface area contributed by atoms with Gasteiger partial charge in [0.2, 0.25) is 0 Å². The highest BCUT2D eigenvalue weighted by atomic mass is 127. The van der Waals surface area contributed by atoms with Crippen LogP contribution in [0.4, 0.5) is 8.78 Å². The van der Waals surface area contributed by atoms with Crippen LogP contribution in [0.1, 0.15) is 28.0 Å². The van der Waals surface area contributed by atoms with Crippen LogP contribution in [-0.4, -0.2) is 11.3 Å². The van der Waals surface area contributed by atoms with Gasteiger partial charge in [-0.15, -0.1) is 0 Å². The van der Waals surface area contributed by atoms with E-state index in [2.05, 4.69) is 4.98 Å². The van der Waals surface area contributed by atoms with Gasteiger partial charge in [-0.3, -0.25) is 9.78 Å². The van der Waals surface area contributed by atoms with Crippen LogP contribution >= 0.6 is 22.6 Å². The average Bonchev–Trinajstić information content (AvgIpc) is 2.09. The zero-order valence-electron chi connectivity index (χ0n) is 6.72. The summed E-state index contributed by atoms with van der Waals surface area (Å²) in [6, 6.07) is 0. The number of aromatic nitrogens is 1. The van der Waals surface area contributed by atoms with E-state index in [-0.39, 0.29) is 11.1 Å². The van der Waals surface area contributed by atoms with Gasteiger partial charge in [0.25, 0.3) is 6.43 Å². The Hall–Kier alpha value is -0.590. The van der Waals surface area contributed by atoms with Gasteiger partial charge in [-0.25, -0.2) is 8.78 Å². The summed E-state index contributed by atoms with van der Waals surface area (Å²) in [7, 11) is 0. The number of halogens is 3. The average molecular weight is 297 g/mol. The summed E-state index contributed by atoms with van der Waals surface area (Å²) in [4.78, 5) is 14.3. The third kappa shape index (κ3) is 2.01. The van der Waals surface area contributed by atoms with Crippen LogP contribution in [0.3, 0.4) is 0 Å². The maximum absolute atomic E-state index is 12.3. The van der Waals surface area contributed by atoms with Gasteiger partial charge in [0.05, 0.1) is 5.69 Å². The second-order valence-electron chi connectivity index (χ2n) is 2.45. The summed E-state index contributed by atoms with van der Waals surface area (Å²) in [5, 5.41) is 0. The number of carbonyl (C=O) groups excluding carboxylic acids is 1. The predicted molar refractivity (Wildman–Crippen MR) is 52.0 cm³/mol. The van der Waals surface area contributed by atoms with E-state index in [1.165, 1.54) is 0 Å². The van der Waals surface area contributed by atoms with Crippen molar-refractivity contribution in [1.82, 2.24) is 4.98 Å². The Morgan fingerprint density at radius 1 is 1.62 bits per heavy atom. The van der Waals surface area contributed by atoms with Crippen LogP contribution in [0.5, 0.6) is 0 Å². The minimum Gasteiger partial charge on any atom is -0.298 e. The normalized spacial score (nSPS) is 10.5. The molecule has 0 saturated carbocycles. The van der Waals surface area contributed by atoms with Crippen LogP contribution < -0.4 is 0 Å². The molecule has 0 bridgehead atoms. The third-order valence-corrected chi connectivity index (χ3v) is 2.98. The van der Waals surface area contributed by atoms with E-state index in [4.69, 9.17) is 0 Å². The molecule has 0 atom stereocenters. The number of aryl methyl sites for hydroxylation is 1. The molecular formula is C8H6F2INO. The smallest absolute Gasteiger partial charge is 0.266 e. The van der Waals surface area contributed by atoms with Crippen molar-refractivity contribution in [2.24, 2.45) is 0 Å². The molecule has 1 aromatic heterocycles. The molecule has 0 N–H and O–H groups in total. The van der Waals surface area contributed by atoms with Crippen LogP contribution in [0.15, 0.2) is 6.20 Å². The molecule has 0 aromatic carbocycles. The van der Waals surface area contributed by atoms with Crippen molar-refractivity contribution in [1.29, 1.82) is 0 Å². The lowest BCUT2D eigenvalue weighted by atomic mass is 10.1. The fourth-order valence-electron chi connectivity index (χ4n) is 0.908. The second kappa shape index (κ2) is 4.08. The molecule has 5 heteroatoms. The van der Waals surface area contributed by atoms with Crippen molar-refractivity contribution in [3.63, 3.8) is 0 Å². The molecule has 0 amide bonds. The molecule has 13 heavy (non-hydrogen) atoms. The van der Waals surface area contributed by atoms with Crippen LogP contribution in [0.2, 0.25) is 0 Å². The Morgan fingerprint density at radius 3 is 2.69 bits per heavy atom. The number of aldehydes is 1. The Bertz CT molecular complexity index is 341. The van der Waals surface area contributed by atoms with Crippen LogP contribution in [0, 0.1) is 10.5 Å². The lowest BCUT2D eigenvalue weighted by molar-refractivity contribution is 0.110. The van der Waals surface area contributed by atoms with E-state index < -0.39 is 6.43 Å². The van der Waals surface area contributed by atoms with Crippen molar-refractivity contribution in [2.75, 3.05) is 0 Å². The minimum absolute atomic E-state index is 0.0445. The van der Waals surface area contributed by atoms with Gasteiger partial charge >= 0.3 is 0 Å². The highest BCUT2D eigenvalue weighted by Gasteiger charge is 2.16. The summed E-state index contributed by atoms with van der Waals surface area (Å²) in [5.74, 6) is 0. The van der Waals surface area contributed by atoms with Gasteiger partial charge in [-0.2, -0.15) is 0 Å². The van der Waals surface area contributed by atoms with Crippen LogP contribution in [0.25, 0.3) is 0 Å². The molecular weight excluding hydrogens is 291 g/mol. The molecule has 0 spiro atoms. The van der Waals surface area contributed by atoms with E-state index >= 15 is 0 Å². The first kappa shape index (κ1) is 10.5. The lowest BCUT2D eigenvalue weighted by Crippen LogP contribution is -2.01. The summed E-state index contributed by atoms with van der Waals surface area (Å²) < 4.78 is 25.1. The van der Waals surface area contributed by atoms with Crippen molar-refractivity contribution in [2.45, 2.75) is 13.3 Å². The lowest BCUT2D eigenvalue weighted by Gasteiger charge is -2.06. The molecule has 1 rings (SSSR count). The van der Waals surface area contributed by atoms with Gasteiger partial charge in [0.1, 0.15) is 0 Å². The first-order valence-corrected chi connectivity index (χ1v) is 4.54. The summed E-state index contributed by atoms with van der Waals surface area (Å²) in [5.41, 5.74) is 0.334. The fourth-order valence-corrected chi connectivity index (χ4v) is 1.49. The maximum Gasteiger partial charge on any atom is 0.266 e. The minimum atomic E-state index is -2.65. The van der Waals surface area contributed by atoms with Crippen LogP contribution in [-0.2, 0) is 0 Å². The zero-order valence-corrected chi connectivity index (χ0v) is 8.88. The van der Waals surface area contributed by atoms with Crippen molar-refractivity contribution < 1.29 is 13.6 Å². The monoisotopic (exact) mass is 297 g/mol. The number of carbonyl (C=O) groups is 1. The quantitative estimate of drug-likeness (QED) is 0.620. The van der Waals surface area contributed by atoms with E-state index in [1.807, 2.05) is 22.6 Å². The molecule has 0 aliphatic heterocycles. The largest absolute Gasteiger partial charge is 0.298 e. The Morgan fingerprint density at radius 2 is 2.23 bits per heavy atom. The molecule has 0 fully saturated rings. The molecule has 0 aliphatic rings. The van der Waals surface area contributed by atoms with E-state index in [9.17, 15) is 13.6 Å². The number of hydrogen-bond acceptors (Lipinski definition) is 2. The zero-order chi connectivity index (χ0) is 10.0. The van der Waals surface area contributed by atoms with E-state index in [0.717, 1.165) is 6.20 Å². The summed E-state index contributed by atoms with van der Waals surface area (Å²) in [6.45, 7) is 1.67. The number of alkyl halides is 2. The molecule has 1 heterocycles. The van der Waals surface area contributed by atoms with E-state index in [1.54, 1.807) is 6.92 Å². The molecule has 0 aliphatic carbocycles. The van der Waals surface area contributed by atoms with Gasteiger partial charge in [-0.05, 0) is 29.5 Å². The molecule has 0 radical (unpaired) electrons. The fraction of sp³-hybridized carbons (Fsp3) is 0.250. The Balaban J connectivity index is 3.38. The summed E-state index contributed by atoms with van der Waals surface area (Å²) >= 11 is 1.84. The van der Waals surface area contributed by atoms with Gasteiger partial charge < -0.3 is 0 Å². The predicted octanol–water partition coefficient (Wildman–Crippen LogP) is 2.74. The standard InChI is InChI=1S/C8H6F2INO/c1-4-7(11)6(3-13)5(2-12-4)8(9)10/h2-3,8H,1H3. The molecule has 1 aromatic rings.